The van der Waals surface area contributed by atoms with Crippen LogP contribution in [0.2, 0.25) is 0 Å². The number of nitrogens with one attached hydrogen (secondary N) is 1. The first kappa shape index (κ1) is 14.6. The second kappa shape index (κ2) is 5.44. The molecule has 1 aliphatic rings. The lowest BCUT2D eigenvalue weighted by Gasteiger charge is -2.19. The Kier molecular flexibility index (Phi) is 3.78. The fourth-order valence-electron chi connectivity index (χ4n) is 3.06. The van der Waals surface area contributed by atoms with E-state index in [1.165, 1.54) is 23.3 Å². The lowest BCUT2D eigenvalue weighted by molar-refractivity contribution is 0.576. The lowest BCUT2D eigenvalue weighted by atomic mass is 9.97. The van der Waals surface area contributed by atoms with Gasteiger partial charge in [-0.25, -0.2) is 4.98 Å². The third-order valence-electron chi connectivity index (χ3n) is 3.96. The molecule has 2 heterocycles. The predicted molar refractivity (Wildman–Crippen MR) is 89.7 cm³/mol. The van der Waals surface area contributed by atoms with Gasteiger partial charge >= 0.3 is 0 Å². The van der Waals surface area contributed by atoms with Crippen LogP contribution in [0, 0.1) is 0 Å². The first-order chi connectivity index (χ1) is 9.99. The Balaban J connectivity index is 2.29. The van der Waals surface area contributed by atoms with E-state index in [2.05, 4.69) is 19.2 Å². The molecule has 0 aromatic carbocycles. The molecule has 1 N–H and O–H groups in total. The van der Waals surface area contributed by atoms with E-state index in [1.807, 2.05) is 18.4 Å². The van der Waals surface area contributed by atoms with Gasteiger partial charge in [-0.05, 0) is 58.9 Å². The van der Waals surface area contributed by atoms with Crippen molar-refractivity contribution >= 4 is 27.5 Å². The SMILES string of the molecule is CC(C)Nc1nc2sc3c(c2c(=O)n1C(C)C)CCCC3. The normalized spacial score (nSPS) is 15.0. The summed E-state index contributed by atoms with van der Waals surface area (Å²) in [5, 5.41) is 4.20. The van der Waals surface area contributed by atoms with Crippen LogP contribution in [-0.4, -0.2) is 15.6 Å². The number of aromatic nitrogens is 2. The molecule has 0 aliphatic heterocycles. The maximum Gasteiger partial charge on any atom is 0.264 e. The van der Waals surface area contributed by atoms with Gasteiger partial charge in [-0.3, -0.25) is 9.36 Å². The molecule has 114 valence electrons. The third-order valence-corrected chi connectivity index (χ3v) is 5.14. The molecule has 0 unspecified atom stereocenters. The van der Waals surface area contributed by atoms with Gasteiger partial charge in [-0.1, -0.05) is 0 Å². The highest BCUT2D eigenvalue weighted by Gasteiger charge is 2.22. The highest BCUT2D eigenvalue weighted by atomic mass is 32.1. The Hall–Kier alpha value is -1.36. The van der Waals surface area contributed by atoms with Crippen LogP contribution in [0.15, 0.2) is 4.79 Å². The summed E-state index contributed by atoms with van der Waals surface area (Å²) in [6.07, 6.45) is 4.55. The van der Waals surface area contributed by atoms with Gasteiger partial charge in [-0.2, -0.15) is 0 Å². The minimum absolute atomic E-state index is 0.106. The molecule has 0 fully saturated rings. The van der Waals surface area contributed by atoms with Crippen molar-refractivity contribution in [2.24, 2.45) is 0 Å². The van der Waals surface area contributed by atoms with Gasteiger partial charge < -0.3 is 5.32 Å². The van der Waals surface area contributed by atoms with E-state index < -0.39 is 0 Å². The van der Waals surface area contributed by atoms with Crippen LogP contribution in [0.3, 0.4) is 0 Å². The fraction of sp³-hybridized carbons (Fsp3) is 0.625. The van der Waals surface area contributed by atoms with E-state index in [9.17, 15) is 4.79 Å². The van der Waals surface area contributed by atoms with Crippen molar-refractivity contribution in [1.29, 1.82) is 0 Å². The van der Waals surface area contributed by atoms with Crippen molar-refractivity contribution in [3.63, 3.8) is 0 Å². The zero-order valence-corrected chi connectivity index (χ0v) is 14.0. The van der Waals surface area contributed by atoms with Crippen molar-refractivity contribution < 1.29 is 0 Å². The van der Waals surface area contributed by atoms with Gasteiger partial charge in [0.15, 0.2) is 0 Å². The van der Waals surface area contributed by atoms with E-state index in [-0.39, 0.29) is 17.6 Å². The van der Waals surface area contributed by atoms with Gasteiger partial charge in [0.2, 0.25) is 5.95 Å². The number of aryl methyl sites for hydroxylation is 2. The summed E-state index contributed by atoms with van der Waals surface area (Å²) in [6.45, 7) is 8.22. The van der Waals surface area contributed by atoms with Crippen LogP contribution in [0.5, 0.6) is 0 Å². The van der Waals surface area contributed by atoms with Crippen LogP contribution in [-0.2, 0) is 12.8 Å². The molecule has 0 saturated heterocycles. The van der Waals surface area contributed by atoms with Crippen molar-refractivity contribution in [3.05, 3.63) is 20.8 Å². The number of hydrogen-bond acceptors (Lipinski definition) is 4. The summed E-state index contributed by atoms with van der Waals surface area (Å²) < 4.78 is 1.81. The monoisotopic (exact) mass is 305 g/mol. The second-order valence-electron chi connectivity index (χ2n) is 6.39. The standard InChI is InChI=1S/C16H23N3OS/c1-9(2)17-16-18-14-13(15(20)19(16)10(3)4)11-7-5-6-8-12(11)21-14/h9-10H,5-8H2,1-4H3,(H,17,18). The first-order valence-corrected chi connectivity index (χ1v) is 8.64. The van der Waals surface area contributed by atoms with Gasteiger partial charge in [-0.15, -0.1) is 11.3 Å². The molecular formula is C16H23N3OS. The number of rotatable bonds is 3. The molecule has 4 nitrogen and oxygen atoms in total. The molecule has 2 aromatic rings. The first-order valence-electron chi connectivity index (χ1n) is 7.82. The van der Waals surface area contributed by atoms with Crippen LogP contribution >= 0.6 is 11.3 Å². The summed E-state index contributed by atoms with van der Waals surface area (Å²) in [5.74, 6) is 0.705. The van der Waals surface area contributed by atoms with Crippen molar-refractivity contribution in [2.45, 2.75) is 65.5 Å². The van der Waals surface area contributed by atoms with E-state index in [1.54, 1.807) is 11.3 Å². The molecule has 2 aromatic heterocycles. The summed E-state index contributed by atoms with van der Waals surface area (Å²) in [5.41, 5.74) is 1.39. The van der Waals surface area contributed by atoms with E-state index in [0.29, 0.717) is 5.95 Å². The van der Waals surface area contributed by atoms with Crippen molar-refractivity contribution in [1.82, 2.24) is 9.55 Å². The summed E-state index contributed by atoms with van der Waals surface area (Å²) >= 11 is 1.71. The molecule has 5 heteroatoms. The number of hydrogen-bond donors (Lipinski definition) is 1. The Morgan fingerprint density at radius 1 is 1.19 bits per heavy atom. The van der Waals surface area contributed by atoms with Crippen molar-refractivity contribution in [3.8, 4) is 0 Å². The van der Waals surface area contributed by atoms with Crippen LogP contribution in [0.4, 0.5) is 5.95 Å². The molecule has 1 aliphatic carbocycles. The summed E-state index contributed by atoms with van der Waals surface area (Å²) in [4.78, 5) is 20.0. The fourth-order valence-corrected chi connectivity index (χ4v) is 4.31. The van der Waals surface area contributed by atoms with E-state index >= 15 is 0 Å². The Morgan fingerprint density at radius 3 is 2.57 bits per heavy atom. The van der Waals surface area contributed by atoms with Crippen LogP contribution < -0.4 is 10.9 Å². The average Bonchev–Trinajstić information content (AvgIpc) is 2.75. The molecule has 0 bridgehead atoms. The number of fused-ring (bicyclic) bond motifs is 3. The molecule has 21 heavy (non-hydrogen) atoms. The molecule has 0 atom stereocenters. The van der Waals surface area contributed by atoms with E-state index in [4.69, 9.17) is 4.98 Å². The van der Waals surface area contributed by atoms with Gasteiger partial charge in [0.05, 0.1) is 5.39 Å². The minimum Gasteiger partial charge on any atom is -0.353 e. The minimum atomic E-state index is 0.106. The topological polar surface area (TPSA) is 46.9 Å². The van der Waals surface area contributed by atoms with Gasteiger partial charge in [0, 0.05) is 17.0 Å². The highest BCUT2D eigenvalue weighted by molar-refractivity contribution is 7.18. The molecular weight excluding hydrogens is 282 g/mol. The summed E-state index contributed by atoms with van der Waals surface area (Å²) in [6, 6.07) is 0.365. The second-order valence-corrected chi connectivity index (χ2v) is 7.48. The molecule has 0 radical (unpaired) electrons. The number of thiophene rings is 1. The smallest absolute Gasteiger partial charge is 0.264 e. The largest absolute Gasteiger partial charge is 0.353 e. The highest BCUT2D eigenvalue weighted by Crippen LogP contribution is 2.34. The summed E-state index contributed by atoms with van der Waals surface area (Å²) in [7, 11) is 0. The quantitative estimate of drug-likeness (QED) is 0.939. The Morgan fingerprint density at radius 2 is 1.90 bits per heavy atom. The predicted octanol–water partition coefficient (Wildman–Crippen LogP) is 3.74. The number of anilines is 1. The van der Waals surface area contributed by atoms with Crippen LogP contribution in [0.25, 0.3) is 10.2 Å². The number of nitrogens with zero attached hydrogens (tertiary/aromatic N) is 2. The van der Waals surface area contributed by atoms with E-state index in [0.717, 1.165) is 23.1 Å². The Bertz CT molecular complexity index is 727. The average molecular weight is 305 g/mol. The maximum absolute atomic E-state index is 13.0. The zero-order chi connectivity index (χ0) is 15.1. The lowest BCUT2D eigenvalue weighted by Crippen LogP contribution is -2.28. The molecule has 0 spiro atoms. The Labute approximate surface area is 129 Å². The maximum atomic E-state index is 13.0. The van der Waals surface area contributed by atoms with Crippen LogP contribution in [0.1, 0.15) is 57.0 Å². The zero-order valence-electron chi connectivity index (χ0n) is 13.2. The molecule has 0 amide bonds. The van der Waals surface area contributed by atoms with Crippen molar-refractivity contribution in [2.75, 3.05) is 5.32 Å². The molecule has 0 saturated carbocycles. The van der Waals surface area contributed by atoms with Gasteiger partial charge in [0.25, 0.3) is 5.56 Å². The third kappa shape index (κ3) is 2.48. The molecule has 3 rings (SSSR count). The van der Waals surface area contributed by atoms with Gasteiger partial charge in [0.1, 0.15) is 4.83 Å².